The lowest BCUT2D eigenvalue weighted by Crippen LogP contribution is -2.39. The Labute approximate surface area is 143 Å². The Kier molecular flexibility index (Phi) is 3.92. The number of para-hydroxylation sites is 2. The zero-order chi connectivity index (χ0) is 16.8. The van der Waals surface area contributed by atoms with Crippen molar-refractivity contribution >= 4 is 20.9 Å². The molecule has 1 aliphatic heterocycles. The van der Waals surface area contributed by atoms with E-state index in [1.807, 2.05) is 24.3 Å². The van der Waals surface area contributed by atoms with Gasteiger partial charge >= 0.3 is 0 Å². The molecule has 1 saturated carbocycles. The van der Waals surface area contributed by atoms with Crippen LogP contribution in [0.15, 0.2) is 28.7 Å². The number of hydrogen-bond acceptors (Lipinski definition) is 5. The lowest BCUT2D eigenvalue weighted by Gasteiger charge is -2.36. The van der Waals surface area contributed by atoms with Gasteiger partial charge in [-0.3, -0.25) is 4.90 Å². The van der Waals surface area contributed by atoms with Gasteiger partial charge in [-0.25, -0.2) is 13.4 Å². The molecule has 1 aromatic carbocycles. The third-order valence-corrected chi connectivity index (χ3v) is 6.41. The van der Waals surface area contributed by atoms with E-state index in [0.717, 1.165) is 55.8 Å². The van der Waals surface area contributed by atoms with Gasteiger partial charge in [0.25, 0.3) is 0 Å². The number of hydrogen-bond donors (Lipinski definition) is 0. The van der Waals surface area contributed by atoms with Crippen molar-refractivity contribution in [3.05, 3.63) is 30.2 Å². The maximum atomic E-state index is 11.7. The van der Waals surface area contributed by atoms with Crippen molar-refractivity contribution in [2.45, 2.75) is 38.1 Å². The highest BCUT2D eigenvalue weighted by Crippen LogP contribution is 2.49. The first kappa shape index (κ1) is 16.1. The van der Waals surface area contributed by atoms with Crippen LogP contribution >= 0.6 is 0 Å². The van der Waals surface area contributed by atoms with Crippen LogP contribution < -0.4 is 0 Å². The summed E-state index contributed by atoms with van der Waals surface area (Å²) < 4.78 is 29.5. The molecule has 2 fully saturated rings. The van der Waals surface area contributed by atoms with Gasteiger partial charge in [-0.05, 0) is 49.8 Å². The Morgan fingerprint density at radius 1 is 1.29 bits per heavy atom. The third-order valence-electron chi connectivity index (χ3n) is 5.27. The van der Waals surface area contributed by atoms with E-state index in [-0.39, 0.29) is 11.5 Å². The SMILES string of the molecule is CS(=O)(=O)CC1(CN2CCCCC2c2nc3ccccc3o2)CC1. The maximum Gasteiger partial charge on any atom is 0.212 e. The van der Waals surface area contributed by atoms with Crippen LogP contribution in [-0.2, 0) is 9.84 Å². The first-order chi connectivity index (χ1) is 11.4. The smallest absolute Gasteiger partial charge is 0.212 e. The third kappa shape index (κ3) is 3.35. The predicted molar refractivity (Wildman–Crippen MR) is 93.6 cm³/mol. The molecule has 0 N–H and O–H groups in total. The van der Waals surface area contributed by atoms with Gasteiger partial charge in [0, 0.05) is 12.8 Å². The van der Waals surface area contributed by atoms with Gasteiger partial charge in [-0.15, -0.1) is 0 Å². The fourth-order valence-electron chi connectivity index (χ4n) is 4.00. The number of benzene rings is 1. The summed E-state index contributed by atoms with van der Waals surface area (Å²) in [5, 5.41) is 0. The first-order valence-electron chi connectivity index (χ1n) is 8.71. The summed E-state index contributed by atoms with van der Waals surface area (Å²) in [6, 6.07) is 8.02. The Morgan fingerprint density at radius 2 is 2.08 bits per heavy atom. The van der Waals surface area contributed by atoms with E-state index in [4.69, 9.17) is 4.42 Å². The van der Waals surface area contributed by atoms with Crippen LogP contribution in [0.5, 0.6) is 0 Å². The van der Waals surface area contributed by atoms with E-state index in [1.165, 1.54) is 12.7 Å². The molecule has 4 rings (SSSR count). The molecular formula is C18H24N2O3S. The molecule has 1 saturated heterocycles. The summed E-state index contributed by atoms with van der Waals surface area (Å²) in [6.07, 6.45) is 6.72. The zero-order valence-electron chi connectivity index (χ0n) is 14.1. The predicted octanol–water partition coefficient (Wildman–Crippen LogP) is 3.18. The number of nitrogens with zero attached hydrogens (tertiary/aromatic N) is 2. The highest BCUT2D eigenvalue weighted by atomic mass is 32.2. The highest BCUT2D eigenvalue weighted by molar-refractivity contribution is 7.90. The summed E-state index contributed by atoms with van der Waals surface area (Å²) in [6.45, 7) is 1.83. The van der Waals surface area contributed by atoms with Crippen molar-refractivity contribution in [3.8, 4) is 0 Å². The van der Waals surface area contributed by atoms with Gasteiger partial charge in [0.05, 0.1) is 11.8 Å². The molecule has 5 nitrogen and oxygen atoms in total. The maximum absolute atomic E-state index is 11.7. The van der Waals surface area contributed by atoms with E-state index < -0.39 is 9.84 Å². The summed E-state index contributed by atoms with van der Waals surface area (Å²) in [7, 11) is -2.94. The number of aromatic nitrogens is 1. The Morgan fingerprint density at radius 3 is 2.79 bits per heavy atom. The van der Waals surface area contributed by atoms with Gasteiger partial charge in [0.2, 0.25) is 5.89 Å². The molecule has 6 heteroatoms. The molecule has 1 aliphatic carbocycles. The van der Waals surface area contributed by atoms with Gasteiger partial charge < -0.3 is 4.42 Å². The van der Waals surface area contributed by atoms with Crippen molar-refractivity contribution < 1.29 is 12.8 Å². The van der Waals surface area contributed by atoms with Crippen molar-refractivity contribution in [2.75, 3.05) is 25.1 Å². The van der Waals surface area contributed by atoms with E-state index in [1.54, 1.807) is 0 Å². The van der Waals surface area contributed by atoms with Crippen molar-refractivity contribution in [1.29, 1.82) is 0 Å². The van der Waals surface area contributed by atoms with Crippen LogP contribution in [0.4, 0.5) is 0 Å². The molecule has 1 atom stereocenters. The normalized spacial score (nSPS) is 24.3. The summed E-state index contributed by atoms with van der Waals surface area (Å²) in [5.41, 5.74) is 1.68. The lowest BCUT2D eigenvalue weighted by atomic mass is 9.99. The minimum atomic E-state index is -2.94. The van der Waals surface area contributed by atoms with Crippen molar-refractivity contribution in [1.82, 2.24) is 9.88 Å². The molecule has 0 bridgehead atoms. The number of rotatable bonds is 5. The van der Waals surface area contributed by atoms with E-state index in [0.29, 0.717) is 5.75 Å². The lowest BCUT2D eigenvalue weighted by molar-refractivity contribution is 0.105. The fourth-order valence-corrected chi connectivity index (χ4v) is 5.50. The van der Waals surface area contributed by atoms with Crippen molar-refractivity contribution in [3.63, 3.8) is 0 Å². The molecule has 130 valence electrons. The average molecular weight is 348 g/mol. The number of sulfone groups is 1. The van der Waals surface area contributed by atoms with E-state index in [2.05, 4.69) is 9.88 Å². The molecule has 2 aromatic rings. The molecule has 0 radical (unpaired) electrons. The van der Waals surface area contributed by atoms with Crippen LogP contribution in [0, 0.1) is 5.41 Å². The van der Waals surface area contributed by atoms with Crippen LogP contribution in [0.1, 0.15) is 44.0 Å². The Bertz CT molecular complexity index is 806. The molecular weight excluding hydrogens is 324 g/mol. The Hall–Kier alpha value is -1.40. The molecule has 2 heterocycles. The van der Waals surface area contributed by atoms with Gasteiger partial charge in [-0.2, -0.15) is 0 Å². The fraction of sp³-hybridized carbons (Fsp3) is 0.611. The zero-order valence-corrected chi connectivity index (χ0v) is 14.9. The minimum absolute atomic E-state index is 0.0464. The van der Waals surface area contributed by atoms with Crippen LogP contribution in [-0.4, -0.2) is 43.4 Å². The number of fused-ring (bicyclic) bond motifs is 1. The quantitative estimate of drug-likeness (QED) is 0.830. The second-order valence-electron chi connectivity index (χ2n) is 7.57. The molecule has 2 aliphatic rings. The standard InChI is InChI=1S/C18H24N2O3S/c1-24(21,22)13-18(9-10-18)12-20-11-5-4-7-15(20)17-19-14-6-2-3-8-16(14)23-17/h2-3,6,8,15H,4-5,7,9-13H2,1H3. The highest BCUT2D eigenvalue weighted by Gasteiger charge is 2.47. The number of piperidine rings is 1. The number of likely N-dealkylation sites (tertiary alicyclic amines) is 1. The Balaban J connectivity index is 1.57. The van der Waals surface area contributed by atoms with Gasteiger partial charge in [0.1, 0.15) is 15.4 Å². The summed E-state index contributed by atoms with van der Waals surface area (Å²) >= 11 is 0. The van der Waals surface area contributed by atoms with Crippen LogP contribution in [0.3, 0.4) is 0 Å². The average Bonchev–Trinajstić information content (AvgIpc) is 3.11. The topological polar surface area (TPSA) is 63.4 Å². The van der Waals surface area contributed by atoms with Crippen LogP contribution in [0.25, 0.3) is 11.1 Å². The second kappa shape index (κ2) is 5.85. The minimum Gasteiger partial charge on any atom is -0.439 e. The molecule has 0 amide bonds. The monoisotopic (exact) mass is 348 g/mol. The first-order valence-corrected chi connectivity index (χ1v) is 10.8. The number of oxazole rings is 1. The van der Waals surface area contributed by atoms with Crippen LogP contribution in [0.2, 0.25) is 0 Å². The molecule has 1 aromatic heterocycles. The second-order valence-corrected chi connectivity index (χ2v) is 9.71. The van der Waals surface area contributed by atoms with Crippen molar-refractivity contribution in [2.24, 2.45) is 5.41 Å². The van der Waals surface area contributed by atoms with E-state index in [9.17, 15) is 8.42 Å². The van der Waals surface area contributed by atoms with Gasteiger partial charge in [-0.1, -0.05) is 18.6 Å². The summed E-state index contributed by atoms with van der Waals surface area (Å²) in [4.78, 5) is 7.09. The van der Waals surface area contributed by atoms with E-state index >= 15 is 0 Å². The largest absolute Gasteiger partial charge is 0.439 e. The molecule has 24 heavy (non-hydrogen) atoms. The molecule has 1 unspecified atom stereocenters. The summed E-state index contributed by atoms with van der Waals surface area (Å²) in [5.74, 6) is 1.09. The molecule has 0 spiro atoms. The van der Waals surface area contributed by atoms with Gasteiger partial charge in [0.15, 0.2) is 5.58 Å².